The van der Waals surface area contributed by atoms with Crippen molar-refractivity contribution in [2.45, 2.75) is 32.7 Å². The number of halogens is 1. The Morgan fingerprint density at radius 3 is 2.44 bits per heavy atom. The molecule has 5 heteroatoms. The molecule has 0 amide bonds. The number of nitrogens with zero attached hydrogens (tertiary/aromatic N) is 2. The van der Waals surface area contributed by atoms with Gasteiger partial charge in [-0.1, -0.05) is 13.8 Å². The third-order valence-corrected chi connectivity index (χ3v) is 2.34. The van der Waals surface area contributed by atoms with Gasteiger partial charge in [-0.3, -0.25) is 0 Å². The molecule has 3 N–H and O–H groups in total. The quantitative estimate of drug-likeness (QED) is 0.803. The van der Waals surface area contributed by atoms with Crippen LogP contribution in [-0.4, -0.2) is 22.1 Å². The fraction of sp³-hybridized carbons (Fsp3) is 0.636. The maximum absolute atomic E-state index is 12.6. The Labute approximate surface area is 95.5 Å². The minimum atomic E-state index is -0.441. The number of hydrogen-bond donors (Lipinski definition) is 2. The highest BCUT2D eigenvalue weighted by Crippen LogP contribution is 2.19. The number of nitrogens with one attached hydrogen (secondary N) is 1. The van der Waals surface area contributed by atoms with Crippen molar-refractivity contribution >= 4 is 5.95 Å². The zero-order valence-corrected chi connectivity index (χ0v) is 10.00. The molecule has 0 aliphatic rings. The van der Waals surface area contributed by atoms with Gasteiger partial charge in [-0.25, -0.2) is 14.4 Å². The smallest absolute Gasteiger partial charge is 0.223 e. The first kappa shape index (κ1) is 12.8. The Bertz CT molecular complexity index is 325. The first-order valence-corrected chi connectivity index (χ1v) is 5.41. The van der Waals surface area contributed by atoms with Crippen LogP contribution in [0.1, 0.15) is 27.2 Å². The molecular weight excluding hydrogens is 207 g/mol. The van der Waals surface area contributed by atoms with Gasteiger partial charge in [0.1, 0.15) is 0 Å². The fourth-order valence-electron chi connectivity index (χ4n) is 1.73. The van der Waals surface area contributed by atoms with Gasteiger partial charge in [0.15, 0.2) is 5.82 Å². The van der Waals surface area contributed by atoms with E-state index < -0.39 is 5.82 Å². The maximum Gasteiger partial charge on any atom is 0.223 e. The molecule has 0 fully saturated rings. The molecule has 90 valence electrons. The first-order valence-electron chi connectivity index (χ1n) is 5.41. The molecule has 0 spiro atoms. The minimum Gasteiger partial charge on any atom is -0.348 e. The van der Waals surface area contributed by atoms with E-state index >= 15 is 0 Å². The van der Waals surface area contributed by atoms with E-state index in [1.54, 1.807) is 0 Å². The Kier molecular flexibility index (Phi) is 4.18. The van der Waals surface area contributed by atoms with Crippen molar-refractivity contribution in [3.05, 3.63) is 18.2 Å². The molecular formula is C11H19FN4. The second kappa shape index (κ2) is 5.21. The Morgan fingerprint density at radius 2 is 2.00 bits per heavy atom. The fourth-order valence-corrected chi connectivity index (χ4v) is 1.73. The van der Waals surface area contributed by atoms with Gasteiger partial charge in [-0.05, 0) is 19.3 Å². The van der Waals surface area contributed by atoms with Gasteiger partial charge in [0.05, 0.1) is 12.4 Å². The largest absolute Gasteiger partial charge is 0.348 e. The Balaban J connectivity index is 2.72. The molecule has 0 saturated heterocycles. The van der Waals surface area contributed by atoms with Gasteiger partial charge in [-0.2, -0.15) is 0 Å². The summed E-state index contributed by atoms with van der Waals surface area (Å²) in [5, 5.41) is 3.15. The zero-order valence-electron chi connectivity index (χ0n) is 10.00. The van der Waals surface area contributed by atoms with Crippen LogP contribution in [0.25, 0.3) is 0 Å². The topological polar surface area (TPSA) is 63.8 Å². The van der Waals surface area contributed by atoms with Crippen LogP contribution >= 0.6 is 0 Å². The van der Waals surface area contributed by atoms with E-state index in [0.29, 0.717) is 18.4 Å². The molecule has 0 saturated carbocycles. The molecule has 1 aromatic rings. The summed E-state index contributed by atoms with van der Waals surface area (Å²) < 4.78 is 12.6. The highest BCUT2D eigenvalue weighted by atomic mass is 19.1. The lowest BCUT2D eigenvalue weighted by molar-refractivity contribution is 0.404. The van der Waals surface area contributed by atoms with Gasteiger partial charge in [0.2, 0.25) is 5.95 Å². The van der Waals surface area contributed by atoms with Crippen LogP contribution in [0.5, 0.6) is 0 Å². The van der Waals surface area contributed by atoms with Crippen molar-refractivity contribution in [2.24, 2.45) is 11.7 Å². The molecule has 1 heterocycles. The second-order valence-electron chi connectivity index (χ2n) is 4.71. The van der Waals surface area contributed by atoms with E-state index in [-0.39, 0.29) is 5.54 Å². The molecule has 4 nitrogen and oxygen atoms in total. The van der Waals surface area contributed by atoms with Crippen LogP contribution in [0, 0.1) is 11.7 Å². The molecule has 1 atom stereocenters. The van der Waals surface area contributed by atoms with Gasteiger partial charge in [-0.15, -0.1) is 0 Å². The summed E-state index contributed by atoms with van der Waals surface area (Å²) in [4.78, 5) is 7.73. The first-order chi connectivity index (χ1) is 7.45. The number of aromatic nitrogens is 2. The van der Waals surface area contributed by atoms with Crippen LogP contribution in [0.2, 0.25) is 0 Å². The molecule has 0 radical (unpaired) electrons. The summed E-state index contributed by atoms with van der Waals surface area (Å²) in [7, 11) is 0. The summed E-state index contributed by atoms with van der Waals surface area (Å²) in [6, 6.07) is 0. The van der Waals surface area contributed by atoms with E-state index in [1.807, 2.05) is 6.92 Å². The van der Waals surface area contributed by atoms with Gasteiger partial charge >= 0.3 is 0 Å². The highest BCUT2D eigenvalue weighted by Gasteiger charge is 2.24. The summed E-state index contributed by atoms with van der Waals surface area (Å²) in [6.07, 6.45) is 3.19. The molecule has 0 aliphatic heterocycles. The Hall–Kier alpha value is -1.23. The summed E-state index contributed by atoms with van der Waals surface area (Å²) >= 11 is 0. The van der Waals surface area contributed by atoms with Crippen LogP contribution in [0.15, 0.2) is 12.4 Å². The van der Waals surface area contributed by atoms with Crippen LogP contribution < -0.4 is 11.1 Å². The van der Waals surface area contributed by atoms with Crippen molar-refractivity contribution in [1.29, 1.82) is 0 Å². The van der Waals surface area contributed by atoms with Crippen molar-refractivity contribution in [1.82, 2.24) is 9.97 Å². The number of anilines is 1. The lowest BCUT2D eigenvalue weighted by atomic mass is 9.91. The summed E-state index contributed by atoms with van der Waals surface area (Å²) in [5.74, 6) is 0.486. The standard InChI is InChI=1S/C11H19FN4/c1-8(2)4-11(3,7-13)16-10-14-5-9(12)6-15-10/h5-6,8H,4,7,13H2,1-3H3,(H,14,15,16). The normalized spacial score (nSPS) is 14.9. The van der Waals surface area contributed by atoms with Gasteiger partial charge in [0.25, 0.3) is 0 Å². The van der Waals surface area contributed by atoms with Crippen LogP contribution in [0.3, 0.4) is 0 Å². The predicted octanol–water partition coefficient (Wildman–Crippen LogP) is 1.79. The molecule has 1 unspecified atom stereocenters. The van der Waals surface area contributed by atoms with Crippen molar-refractivity contribution in [3.8, 4) is 0 Å². The third kappa shape index (κ3) is 3.73. The van der Waals surface area contributed by atoms with E-state index in [4.69, 9.17) is 5.73 Å². The third-order valence-electron chi connectivity index (χ3n) is 2.34. The molecule has 16 heavy (non-hydrogen) atoms. The SMILES string of the molecule is CC(C)CC(C)(CN)Nc1ncc(F)cn1. The number of rotatable bonds is 5. The van der Waals surface area contributed by atoms with Crippen molar-refractivity contribution in [2.75, 3.05) is 11.9 Å². The average Bonchev–Trinajstić information content (AvgIpc) is 2.20. The van der Waals surface area contributed by atoms with E-state index in [9.17, 15) is 4.39 Å². The number of hydrogen-bond acceptors (Lipinski definition) is 4. The van der Waals surface area contributed by atoms with Crippen LogP contribution in [-0.2, 0) is 0 Å². The zero-order chi connectivity index (χ0) is 12.2. The highest BCUT2D eigenvalue weighted by molar-refractivity contribution is 5.28. The molecule has 1 rings (SSSR count). The van der Waals surface area contributed by atoms with Gasteiger partial charge in [0, 0.05) is 12.1 Å². The van der Waals surface area contributed by atoms with E-state index in [1.165, 1.54) is 0 Å². The average molecular weight is 226 g/mol. The maximum atomic E-state index is 12.6. The molecule has 0 bridgehead atoms. The van der Waals surface area contributed by atoms with E-state index in [0.717, 1.165) is 18.8 Å². The lowest BCUT2D eigenvalue weighted by Gasteiger charge is -2.31. The molecule has 0 aliphatic carbocycles. The summed E-state index contributed by atoms with van der Waals surface area (Å²) in [5.41, 5.74) is 5.48. The Morgan fingerprint density at radius 1 is 1.44 bits per heavy atom. The van der Waals surface area contributed by atoms with E-state index in [2.05, 4.69) is 29.1 Å². The lowest BCUT2D eigenvalue weighted by Crippen LogP contribution is -2.44. The minimum absolute atomic E-state index is 0.258. The molecule has 1 aromatic heterocycles. The summed E-state index contributed by atoms with van der Waals surface area (Å²) in [6.45, 7) is 6.74. The second-order valence-corrected chi connectivity index (χ2v) is 4.71. The van der Waals surface area contributed by atoms with Crippen LogP contribution in [0.4, 0.5) is 10.3 Å². The monoisotopic (exact) mass is 226 g/mol. The number of nitrogens with two attached hydrogens (primary N) is 1. The van der Waals surface area contributed by atoms with Gasteiger partial charge < -0.3 is 11.1 Å². The van der Waals surface area contributed by atoms with Crippen molar-refractivity contribution in [3.63, 3.8) is 0 Å². The molecule has 0 aromatic carbocycles. The van der Waals surface area contributed by atoms with Crippen molar-refractivity contribution < 1.29 is 4.39 Å². The predicted molar refractivity (Wildman–Crippen MR) is 62.5 cm³/mol.